The fourth-order valence-corrected chi connectivity index (χ4v) is 5.06. The van der Waals surface area contributed by atoms with Crippen molar-refractivity contribution >= 4 is 5.69 Å². The average molecular weight is 552 g/mol. The molecule has 1 aromatic heterocycles. The standard InChI is InChI=1S/C32H24F6N2/c33-31(34,35)23-18-24(32(36,37)38)20-25(19-23)39-30(27-15-8-7-14-26(27)21-10-3-1-4-11-21)29-17-9-16-28(40-29)22-12-5-2-6-13-22/h1-20,26-27,30,39H/p+1. The topological polar surface area (TPSA) is 29.5 Å². The summed E-state index contributed by atoms with van der Waals surface area (Å²) in [6.07, 6.45) is -2.21. The van der Waals surface area contributed by atoms with E-state index in [0.29, 0.717) is 11.4 Å². The number of hydrogen-bond donors (Lipinski definition) is 1. The van der Waals surface area contributed by atoms with E-state index in [1.165, 1.54) is 5.32 Å². The number of quaternary nitrogens is 1. The van der Waals surface area contributed by atoms with Crippen LogP contribution in [-0.4, -0.2) is 4.98 Å². The highest BCUT2D eigenvalue weighted by Crippen LogP contribution is 2.39. The van der Waals surface area contributed by atoms with Crippen molar-refractivity contribution in [2.75, 3.05) is 0 Å². The van der Waals surface area contributed by atoms with Gasteiger partial charge in [0, 0.05) is 29.5 Å². The van der Waals surface area contributed by atoms with E-state index in [4.69, 9.17) is 4.98 Å². The van der Waals surface area contributed by atoms with E-state index in [2.05, 4.69) is 0 Å². The van der Waals surface area contributed by atoms with Crippen LogP contribution in [0.2, 0.25) is 0 Å². The number of allylic oxidation sites excluding steroid dienone is 3. The van der Waals surface area contributed by atoms with Crippen LogP contribution in [-0.2, 0) is 12.4 Å². The SMILES string of the molecule is FC(F)(F)c1cc([NH2+]C(c2cccc(-c3ccccc3)n2)C2C=CC=CC2c2ccccc2)cc(C(F)(F)F)c1. The van der Waals surface area contributed by atoms with Crippen molar-refractivity contribution in [2.24, 2.45) is 5.92 Å². The fourth-order valence-electron chi connectivity index (χ4n) is 5.06. The molecular weight excluding hydrogens is 526 g/mol. The smallest absolute Gasteiger partial charge is 0.306 e. The Kier molecular flexibility index (Phi) is 7.63. The molecular formula is C32H25F6N2+. The third-order valence-corrected chi connectivity index (χ3v) is 6.94. The molecule has 2 N–H and O–H groups in total. The molecule has 0 amide bonds. The minimum atomic E-state index is -4.94. The predicted molar refractivity (Wildman–Crippen MR) is 141 cm³/mol. The zero-order valence-corrected chi connectivity index (χ0v) is 21.1. The zero-order chi connectivity index (χ0) is 28.3. The van der Waals surface area contributed by atoms with Gasteiger partial charge in [-0.3, -0.25) is 0 Å². The number of halogens is 6. The summed E-state index contributed by atoms with van der Waals surface area (Å²) in [5.41, 5.74) is 0.148. The molecule has 8 heteroatoms. The summed E-state index contributed by atoms with van der Waals surface area (Å²) >= 11 is 0. The lowest BCUT2D eigenvalue weighted by molar-refractivity contribution is -0.626. The molecule has 0 spiro atoms. The lowest BCUT2D eigenvalue weighted by Gasteiger charge is -2.30. The molecule has 1 aliphatic carbocycles. The Bertz CT molecular complexity index is 1480. The van der Waals surface area contributed by atoms with Crippen molar-refractivity contribution < 1.29 is 31.7 Å². The van der Waals surface area contributed by atoms with E-state index in [-0.39, 0.29) is 23.6 Å². The van der Waals surface area contributed by atoms with Gasteiger partial charge < -0.3 is 5.32 Å². The molecule has 0 aliphatic heterocycles. The average Bonchev–Trinajstić information content (AvgIpc) is 2.96. The Balaban J connectivity index is 1.64. The molecule has 204 valence electrons. The number of nitrogens with two attached hydrogens (primary N) is 1. The maximum Gasteiger partial charge on any atom is 0.416 e. The highest BCUT2D eigenvalue weighted by molar-refractivity contribution is 5.59. The Morgan fingerprint density at radius 3 is 1.88 bits per heavy atom. The second-order valence-electron chi connectivity index (χ2n) is 9.63. The first-order valence-corrected chi connectivity index (χ1v) is 12.7. The molecule has 0 fully saturated rings. The van der Waals surface area contributed by atoms with Crippen LogP contribution in [0.15, 0.2) is 121 Å². The van der Waals surface area contributed by atoms with Crippen molar-refractivity contribution in [1.82, 2.24) is 4.98 Å². The first kappa shape index (κ1) is 27.4. The van der Waals surface area contributed by atoms with Crippen LogP contribution in [0.4, 0.5) is 32.0 Å². The highest BCUT2D eigenvalue weighted by Gasteiger charge is 2.39. The molecule has 1 aliphatic rings. The molecule has 40 heavy (non-hydrogen) atoms. The molecule has 1 heterocycles. The minimum absolute atomic E-state index is 0.149. The number of nitrogens with zero attached hydrogens (tertiary/aromatic N) is 1. The normalized spacial score (nSPS) is 18.1. The van der Waals surface area contributed by atoms with Crippen molar-refractivity contribution in [3.05, 3.63) is 144 Å². The highest BCUT2D eigenvalue weighted by atomic mass is 19.4. The molecule has 3 aromatic carbocycles. The number of rotatable bonds is 6. The summed E-state index contributed by atoms with van der Waals surface area (Å²) < 4.78 is 82.0. The molecule has 3 unspecified atom stereocenters. The maximum absolute atomic E-state index is 13.7. The van der Waals surface area contributed by atoms with E-state index < -0.39 is 29.5 Å². The zero-order valence-electron chi connectivity index (χ0n) is 21.1. The third kappa shape index (κ3) is 6.18. The van der Waals surface area contributed by atoms with Crippen LogP contribution in [0.3, 0.4) is 0 Å². The number of alkyl halides is 6. The minimum Gasteiger partial charge on any atom is -0.306 e. The second-order valence-corrected chi connectivity index (χ2v) is 9.63. The van der Waals surface area contributed by atoms with Gasteiger partial charge in [0.1, 0.15) is 11.7 Å². The lowest BCUT2D eigenvalue weighted by Crippen LogP contribution is -2.81. The van der Waals surface area contributed by atoms with Crippen LogP contribution in [0, 0.1) is 5.92 Å². The van der Waals surface area contributed by atoms with Crippen molar-refractivity contribution in [3.8, 4) is 11.3 Å². The van der Waals surface area contributed by atoms with E-state index in [0.717, 1.165) is 23.3 Å². The van der Waals surface area contributed by atoms with Crippen LogP contribution < -0.4 is 5.32 Å². The van der Waals surface area contributed by atoms with E-state index in [1.807, 2.05) is 91.0 Å². The van der Waals surface area contributed by atoms with Gasteiger partial charge >= 0.3 is 12.4 Å². The van der Waals surface area contributed by atoms with Gasteiger partial charge in [0.15, 0.2) is 0 Å². The summed E-state index contributed by atoms with van der Waals surface area (Å²) in [6, 6.07) is 25.4. The van der Waals surface area contributed by atoms with Gasteiger partial charge in [-0.15, -0.1) is 0 Å². The van der Waals surface area contributed by atoms with Gasteiger partial charge in [0.25, 0.3) is 0 Å². The van der Waals surface area contributed by atoms with Gasteiger partial charge in [0.2, 0.25) is 0 Å². The third-order valence-electron chi connectivity index (χ3n) is 6.94. The number of hydrogen-bond acceptors (Lipinski definition) is 1. The number of aromatic nitrogens is 1. The predicted octanol–water partition coefficient (Wildman–Crippen LogP) is 8.25. The number of pyridine rings is 1. The number of benzene rings is 3. The molecule has 0 bridgehead atoms. The molecule has 0 radical (unpaired) electrons. The van der Waals surface area contributed by atoms with Gasteiger partial charge in [-0.2, -0.15) is 26.3 Å². The van der Waals surface area contributed by atoms with Gasteiger partial charge in [-0.05, 0) is 23.8 Å². The Labute approximate surface area is 227 Å². The summed E-state index contributed by atoms with van der Waals surface area (Å²) in [4.78, 5) is 4.85. The first-order chi connectivity index (χ1) is 19.1. The first-order valence-electron chi connectivity index (χ1n) is 12.7. The lowest BCUT2D eigenvalue weighted by atomic mass is 9.77. The molecule has 3 atom stereocenters. The fraction of sp³-hybridized carbons (Fsp3) is 0.156. The van der Waals surface area contributed by atoms with Gasteiger partial charge in [0.05, 0.1) is 22.5 Å². The quantitative estimate of drug-likeness (QED) is 0.190. The van der Waals surface area contributed by atoms with E-state index in [9.17, 15) is 26.3 Å². The Morgan fingerprint density at radius 2 is 1.25 bits per heavy atom. The Hall–Kier alpha value is -4.17. The van der Waals surface area contributed by atoms with Crippen molar-refractivity contribution in [1.29, 1.82) is 0 Å². The van der Waals surface area contributed by atoms with Gasteiger partial charge in [-0.1, -0.05) is 91.0 Å². The Morgan fingerprint density at radius 1 is 0.650 bits per heavy atom. The van der Waals surface area contributed by atoms with E-state index >= 15 is 0 Å². The molecule has 4 aromatic rings. The molecule has 2 nitrogen and oxygen atoms in total. The van der Waals surface area contributed by atoms with Crippen molar-refractivity contribution in [3.63, 3.8) is 0 Å². The second kappa shape index (κ2) is 11.1. The van der Waals surface area contributed by atoms with Crippen LogP contribution >= 0.6 is 0 Å². The summed E-state index contributed by atoms with van der Waals surface area (Å²) in [6.45, 7) is 0. The molecule has 5 rings (SSSR count). The van der Waals surface area contributed by atoms with Crippen LogP contribution in [0.5, 0.6) is 0 Å². The maximum atomic E-state index is 13.7. The summed E-state index contributed by atoms with van der Waals surface area (Å²) in [5, 5.41) is 1.48. The van der Waals surface area contributed by atoms with Crippen LogP contribution in [0.25, 0.3) is 11.3 Å². The van der Waals surface area contributed by atoms with Crippen molar-refractivity contribution in [2.45, 2.75) is 24.3 Å². The largest absolute Gasteiger partial charge is 0.416 e. The monoisotopic (exact) mass is 551 g/mol. The molecule has 0 saturated carbocycles. The van der Waals surface area contributed by atoms with Gasteiger partial charge in [-0.25, -0.2) is 4.98 Å². The van der Waals surface area contributed by atoms with E-state index in [1.54, 1.807) is 12.1 Å². The molecule has 0 saturated heterocycles. The summed E-state index contributed by atoms with van der Waals surface area (Å²) in [7, 11) is 0. The summed E-state index contributed by atoms with van der Waals surface area (Å²) in [5.74, 6) is -0.502. The van der Waals surface area contributed by atoms with Crippen LogP contribution in [0.1, 0.15) is 34.3 Å².